The van der Waals surface area contributed by atoms with Crippen molar-refractivity contribution in [1.82, 2.24) is 4.98 Å². The third-order valence-electron chi connectivity index (χ3n) is 3.86. The lowest BCUT2D eigenvalue weighted by Crippen LogP contribution is -1.90. The summed E-state index contributed by atoms with van der Waals surface area (Å²) < 4.78 is 18.6. The molecule has 5 heteroatoms. The topological polar surface area (TPSA) is 58.6 Å². The van der Waals surface area contributed by atoms with E-state index in [-0.39, 0.29) is 17.5 Å². The third kappa shape index (κ3) is 2.40. The lowest BCUT2D eigenvalue weighted by atomic mass is 10.0. The van der Waals surface area contributed by atoms with Gasteiger partial charge in [0.2, 0.25) is 5.89 Å². The van der Waals surface area contributed by atoms with E-state index < -0.39 is 5.82 Å². The fourth-order valence-corrected chi connectivity index (χ4v) is 2.72. The fraction of sp³-hybridized carbons (Fsp3) is 0.0526. The van der Waals surface area contributed by atoms with E-state index in [1.54, 1.807) is 18.2 Å². The number of aliphatic imine (C=N–C) groups is 1. The van der Waals surface area contributed by atoms with Gasteiger partial charge in [-0.15, -0.1) is 0 Å². The van der Waals surface area contributed by atoms with Gasteiger partial charge < -0.3 is 9.52 Å². The van der Waals surface area contributed by atoms with Crippen molar-refractivity contribution in [3.63, 3.8) is 0 Å². The summed E-state index contributed by atoms with van der Waals surface area (Å²) in [5.74, 6) is -0.531. The molecular formula is C19H13FN2O2. The predicted molar refractivity (Wildman–Crippen MR) is 90.6 cm³/mol. The minimum Gasteiger partial charge on any atom is -0.479 e. The number of aromatic hydroxyl groups is 1. The Kier molecular flexibility index (Phi) is 3.27. The normalized spacial score (nSPS) is 14.8. The Morgan fingerprint density at radius 1 is 1.12 bits per heavy atom. The van der Waals surface area contributed by atoms with Crippen LogP contribution in [0.15, 0.2) is 57.9 Å². The SMILES string of the molecule is CC1=Nc2ccccc2/C1=C/c1nc(-c2cccc(F)c2)oc1O. The van der Waals surface area contributed by atoms with E-state index in [4.69, 9.17) is 4.42 Å². The van der Waals surface area contributed by atoms with E-state index in [0.29, 0.717) is 5.56 Å². The first-order valence-electron chi connectivity index (χ1n) is 7.44. The van der Waals surface area contributed by atoms with Crippen LogP contribution in [-0.4, -0.2) is 15.8 Å². The summed E-state index contributed by atoms with van der Waals surface area (Å²) in [6.07, 6.45) is 1.73. The second kappa shape index (κ2) is 5.45. The second-order valence-corrected chi connectivity index (χ2v) is 5.49. The first kappa shape index (κ1) is 14.4. The molecule has 0 fully saturated rings. The van der Waals surface area contributed by atoms with E-state index in [9.17, 15) is 9.50 Å². The van der Waals surface area contributed by atoms with Crippen molar-refractivity contribution in [3.8, 4) is 17.4 Å². The van der Waals surface area contributed by atoms with Gasteiger partial charge in [-0.05, 0) is 37.3 Å². The molecular weight excluding hydrogens is 307 g/mol. The molecule has 0 unspecified atom stereocenters. The zero-order valence-electron chi connectivity index (χ0n) is 12.8. The molecule has 1 aliphatic heterocycles. The van der Waals surface area contributed by atoms with Gasteiger partial charge >= 0.3 is 5.95 Å². The maximum atomic E-state index is 13.3. The van der Waals surface area contributed by atoms with Crippen LogP contribution in [0.25, 0.3) is 23.1 Å². The van der Waals surface area contributed by atoms with Crippen LogP contribution in [0.1, 0.15) is 18.2 Å². The molecule has 0 radical (unpaired) electrons. The van der Waals surface area contributed by atoms with Crippen molar-refractivity contribution < 1.29 is 13.9 Å². The fourth-order valence-electron chi connectivity index (χ4n) is 2.72. The highest BCUT2D eigenvalue weighted by Gasteiger charge is 2.20. The molecule has 0 saturated heterocycles. The standard InChI is InChI=1S/C19H13FN2O2/c1-11-15(14-7-2-3-8-16(14)21-11)10-17-19(23)24-18(22-17)12-5-4-6-13(20)9-12/h2-10,23H,1H3/b15-10+. The number of hydrogen-bond acceptors (Lipinski definition) is 4. The van der Waals surface area contributed by atoms with Gasteiger partial charge in [-0.25, -0.2) is 9.37 Å². The third-order valence-corrected chi connectivity index (χ3v) is 3.86. The van der Waals surface area contributed by atoms with Crippen molar-refractivity contribution in [3.05, 3.63) is 65.6 Å². The number of hydrogen-bond donors (Lipinski definition) is 1. The number of benzene rings is 2. The number of rotatable bonds is 2. The molecule has 118 valence electrons. The van der Waals surface area contributed by atoms with Crippen LogP contribution < -0.4 is 0 Å². The van der Waals surface area contributed by atoms with E-state index in [1.165, 1.54) is 12.1 Å². The smallest absolute Gasteiger partial charge is 0.310 e. The molecule has 0 bridgehead atoms. The first-order chi connectivity index (χ1) is 11.6. The van der Waals surface area contributed by atoms with E-state index in [1.807, 2.05) is 31.2 Å². The van der Waals surface area contributed by atoms with Crippen molar-refractivity contribution in [2.75, 3.05) is 0 Å². The van der Waals surface area contributed by atoms with E-state index in [2.05, 4.69) is 9.98 Å². The Morgan fingerprint density at radius 3 is 2.79 bits per heavy atom. The Balaban J connectivity index is 1.78. The molecule has 0 amide bonds. The van der Waals surface area contributed by atoms with Gasteiger partial charge in [-0.2, -0.15) is 0 Å². The minimum atomic E-state index is -0.391. The van der Waals surface area contributed by atoms with Gasteiger partial charge in [-0.1, -0.05) is 24.3 Å². The summed E-state index contributed by atoms with van der Waals surface area (Å²) in [5, 5.41) is 10.0. The molecule has 2 aromatic carbocycles. The van der Waals surface area contributed by atoms with Gasteiger partial charge in [0.25, 0.3) is 0 Å². The van der Waals surface area contributed by atoms with Crippen molar-refractivity contribution in [1.29, 1.82) is 0 Å². The monoisotopic (exact) mass is 320 g/mol. The molecule has 0 saturated carbocycles. The number of fused-ring (bicyclic) bond motifs is 1. The first-order valence-corrected chi connectivity index (χ1v) is 7.44. The van der Waals surface area contributed by atoms with Gasteiger partial charge in [0.15, 0.2) is 0 Å². The van der Waals surface area contributed by atoms with Gasteiger partial charge in [0, 0.05) is 22.4 Å². The van der Waals surface area contributed by atoms with Crippen LogP contribution in [0, 0.1) is 5.82 Å². The van der Waals surface area contributed by atoms with Crippen molar-refractivity contribution >= 4 is 23.0 Å². The summed E-state index contributed by atoms with van der Waals surface area (Å²) >= 11 is 0. The lowest BCUT2D eigenvalue weighted by Gasteiger charge is -1.99. The number of oxazole rings is 1. The lowest BCUT2D eigenvalue weighted by molar-refractivity contribution is 0.336. The Hall–Kier alpha value is -3.21. The molecule has 1 aliphatic rings. The second-order valence-electron chi connectivity index (χ2n) is 5.49. The maximum absolute atomic E-state index is 13.3. The molecule has 4 nitrogen and oxygen atoms in total. The van der Waals surface area contributed by atoms with Gasteiger partial charge in [0.05, 0.1) is 5.69 Å². The number of allylic oxidation sites excluding steroid dienone is 1. The number of halogens is 1. The van der Waals surface area contributed by atoms with Crippen molar-refractivity contribution in [2.45, 2.75) is 6.92 Å². The number of nitrogens with zero attached hydrogens (tertiary/aromatic N) is 2. The maximum Gasteiger partial charge on any atom is 0.310 e. The Bertz CT molecular complexity index is 1000. The number of aromatic nitrogens is 1. The van der Waals surface area contributed by atoms with Crippen LogP contribution in [-0.2, 0) is 0 Å². The molecule has 2 heterocycles. The summed E-state index contributed by atoms with van der Waals surface area (Å²) in [4.78, 5) is 8.77. The quantitative estimate of drug-likeness (QED) is 0.735. The average Bonchev–Trinajstić information content (AvgIpc) is 3.09. The minimum absolute atomic E-state index is 0.166. The summed E-state index contributed by atoms with van der Waals surface area (Å²) in [5.41, 5.74) is 4.33. The van der Waals surface area contributed by atoms with Crippen LogP contribution in [0.5, 0.6) is 5.95 Å². The molecule has 3 aromatic rings. The molecule has 0 aliphatic carbocycles. The highest BCUT2D eigenvalue weighted by atomic mass is 19.1. The zero-order valence-corrected chi connectivity index (χ0v) is 12.8. The van der Waals surface area contributed by atoms with Crippen LogP contribution in [0.3, 0.4) is 0 Å². The molecule has 1 aromatic heterocycles. The van der Waals surface area contributed by atoms with E-state index >= 15 is 0 Å². The molecule has 0 spiro atoms. The van der Waals surface area contributed by atoms with Crippen LogP contribution >= 0.6 is 0 Å². The highest BCUT2D eigenvalue weighted by molar-refractivity contribution is 6.31. The Labute approximate surface area is 137 Å². The largest absolute Gasteiger partial charge is 0.479 e. The Morgan fingerprint density at radius 2 is 1.96 bits per heavy atom. The summed E-state index contributed by atoms with van der Waals surface area (Å²) in [6, 6.07) is 13.6. The van der Waals surface area contributed by atoms with Gasteiger partial charge in [0.1, 0.15) is 11.5 Å². The molecule has 4 rings (SSSR count). The summed E-state index contributed by atoms with van der Waals surface area (Å²) in [6.45, 7) is 1.90. The van der Waals surface area contributed by atoms with Crippen molar-refractivity contribution in [2.24, 2.45) is 4.99 Å². The summed E-state index contributed by atoms with van der Waals surface area (Å²) in [7, 11) is 0. The molecule has 1 N–H and O–H groups in total. The number of para-hydroxylation sites is 1. The average molecular weight is 320 g/mol. The molecule has 0 atom stereocenters. The van der Waals surface area contributed by atoms with Crippen LogP contribution in [0.2, 0.25) is 0 Å². The molecule has 24 heavy (non-hydrogen) atoms. The zero-order chi connectivity index (χ0) is 16.7. The predicted octanol–water partition coefficient (Wildman–Crippen LogP) is 4.83. The van der Waals surface area contributed by atoms with E-state index in [0.717, 1.165) is 22.5 Å². The highest BCUT2D eigenvalue weighted by Crippen LogP contribution is 2.37. The van der Waals surface area contributed by atoms with Gasteiger partial charge in [-0.3, -0.25) is 4.99 Å². The van der Waals surface area contributed by atoms with Crippen LogP contribution in [0.4, 0.5) is 10.1 Å².